The molecule has 0 atom stereocenters. The van der Waals surface area contributed by atoms with E-state index in [-0.39, 0.29) is 10.7 Å². The Morgan fingerprint density at radius 2 is 2.00 bits per heavy atom. The number of carbonyl (C=O) groups excluding carboxylic acids is 1. The molecule has 0 bridgehead atoms. The van der Waals surface area contributed by atoms with E-state index in [0.29, 0.717) is 22.8 Å². The molecule has 0 radical (unpaired) electrons. The maximum absolute atomic E-state index is 13.3. The zero-order valence-electron chi connectivity index (χ0n) is 15.3. The van der Waals surface area contributed by atoms with Crippen LogP contribution in [0.4, 0.5) is 10.1 Å². The molecule has 0 saturated carbocycles. The summed E-state index contributed by atoms with van der Waals surface area (Å²) in [4.78, 5) is 20.8. The van der Waals surface area contributed by atoms with Crippen molar-refractivity contribution in [2.24, 2.45) is 0 Å². The fourth-order valence-corrected chi connectivity index (χ4v) is 2.94. The largest absolute Gasteiger partial charge is 0.434 e. The zero-order chi connectivity index (χ0) is 20.4. The molecule has 144 valence electrons. The number of aryl methyl sites for hydroxylation is 1. The van der Waals surface area contributed by atoms with Gasteiger partial charge in [-0.1, -0.05) is 12.1 Å². The van der Waals surface area contributed by atoms with Gasteiger partial charge < -0.3 is 9.73 Å². The van der Waals surface area contributed by atoms with Crippen LogP contribution in [0, 0.1) is 12.7 Å². The predicted molar refractivity (Wildman–Crippen MR) is 112 cm³/mol. The smallest absolute Gasteiger partial charge is 0.257 e. The first-order valence-corrected chi connectivity index (χ1v) is 9.11. The van der Waals surface area contributed by atoms with Gasteiger partial charge in [0.15, 0.2) is 16.3 Å². The molecule has 2 aromatic carbocycles. The van der Waals surface area contributed by atoms with Crippen molar-refractivity contribution >= 4 is 40.2 Å². The van der Waals surface area contributed by atoms with Crippen LogP contribution in [0.2, 0.25) is 0 Å². The molecule has 4 rings (SSSR count). The van der Waals surface area contributed by atoms with Crippen LogP contribution in [-0.2, 0) is 0 Å². The molecule has 29 heavy (non-hydrogen) atoms. The third-order valence-corrected chi connectivity index (χ3v) is 4.42. The van der Waals surface area contributed by atoms with Gasteiger partial charge in [0.05, 0.1) is 0 Å². The Kier molecular flexibility index (Phi) is 5.01. The summed E-state index contributed by atoms with van der Waals surface area (Å²) < 4.78 is 19.0. The topological polar surface area (TPSA) is 80.1 Å². The number of rotatable bonds is 3. The lowest BCUT2D eigenvalue weighted by molar-refractivity contribution is 0.0977. The van der Waals surface area contributed by atoms with Gasteiger partial charge in [-0.3, -0.25) is 10.1 Å². The van der Waals surface area contributed by atoms with E-state index in [1.807, 2.05) is 25.1 Å². The first-order valence-electron chi connectivity index (χ1n) is 8.70. The summed E-state index contributed by atoms with van der Waals surface area (Å²) in [5.41, 5.74) is 3.62. The molecule has 8 heteroatoms. The van der Waals surface area contributed by atoms with Crippen molar-refractivity contribution < 1.29 is 13.6 Å². The Labute approximate surface area is 170 Å². The second-order valence-electron chi connectivity index (χ2n) is 6.29. The number of thiocarbonyl (C=S) groups is 1. The van der Waals surface area contributed by atoms with Crippen LogP contribution in [-0.4, -0.2) is 21.0 Å². The average Bonchev–Trinajstić information content (AvgIpc) is 3.14. The summed E-state index contributed by atoms with van der Waals surface area (Å²) in [6.45, 7) is 1.90. The molecule has 2 aromatic heterocycles. The Morgan fingerprint density at radius 1 is 1.14 bits per heavy atom. The number of benzene rings is 2. The van der Waals surface area contributed by atoms with Crippen LogP contribution < -0.4 is 10.6 Å². The highest BCUT2D eigenvalue weighted by molar-refractivity contribution is 7.80. The molecule has 4 aromatic rings. The van der Waals surface area contributed by atoms with Crippen molar-refractivity contribution in [3.05, 3.63) is 77.7 Å². The van der Waals surface area contributed by atoms with Gasteiger partial charge in [-0.25, -0.2) is 9.37 Å². The molecular formula is C21H15FN4O2S. The molecule has 0 aliphatic heterocycles. The monoisotopic (exact) mass is 406 g/mol. The highest BCUT2D eigenvalue weighted by atomic mass is 32.1. The van der Waals surface area contributed by atoms with E-state index in [9.17, 15) is 9.18 Å². The lowest BCUT2D eigenvalue weighted by Gasteiger charge is -2.12. The summed E-state index contributed by atoms with van der Waals surface area (Å²) in [6, 6.07) is 14.5. The molecule has 0 unspecified atom stereocenters. The number of hydrogen-bond donors (Lipinski definition) is 2. The van der Waals surface area contributed by atoms with E-state index in [1.54, 1.807) is 18.3 Å². The molecule has 1 amide bonds. The van der Waals surface area contributed by atoms with Crippen molar-refractivity contribution in [1.82, 2.24) is 15.3 Å². The van der Waals surface area contributed by atoms with Gasteiger partial charge in [0.25, 0.3) is 5.91 Å². The summed E-state index contributed by atoms with van der Waals surface area (Å²) in [6.07, 6.45) is 1.65. The van der Waals surface area contributed by atoms with E-state index in [1.165, 1.54) is 18.2 Å². The Hall–Kier alpha value is -3.65. The fourth-order valence-electron chi connectivity index (χ4n) is 2.74. The van der Waals surface area contributed by atoms with E-state index in [0.717, 1.165) is 17.2 Å². The number of anilines is 1. The van der Waals surface area contributed by atoms with Crippen LogP contribution in [0.1, 0.15) is 15.9 Å². The highest BCUT2D eigenvalue weighted by Gasteiger charge is 2.13. The maximum Gasteiger partial charge on any atom is 0.257 e. The number of fused-ring (bicyclic) bond motifs is 1. The van der Waals surface area contributed by atoms with Crippen molar-refractivity contribution in [3.63, 3.8) is 0 Å². The molecule has 2 N–H and O–H groups in total. The summed E-state index contributed by atoms with van der Waals surface area (Å²) >= 11 is 5.23. The highest BCUT2D eigenvalue weighted by Crippen LogP contribution is 2.27. The van der Waals surface area contributed by atoms with Crippen LogP contribution in [0.25, 0.3) is 22.7 Å². The second kappa shape index (κ2) is 7.76. The van der Waals surface area contributed by atoms with Gasteiger partial charge in [0, 0.05) is 23.0 Å². The third kappa shape index (κ3) is 4.12. The first-order chi connectivity index (χ1) is 14.0. The molecule has 0 spiro atoms. The molecule has 0 fully saturated rings. The van der Waals surface area contributed by atoms with Crippen molar-refractivity contribution in [3.8, 4) is 11.5 Å². The Balaban J connectivity index is 1.53. The lowest BCUT2D eigenvalue weighted by Crippen LogP contribution is -2.34. The lowest BCUT2D eigenvalue weighted by atomic mass is 10.1. The van der Waals surface area contributed by atoms with Crippen LogP contribution in [0.15, 0.2) is 65.2 Å². The van der Waals surface area contributed by atoms with Gasteiger partial charge in [-0.15, -0.1) is 0 Å². The second-order valence-corrected chi connectivity index (χ2v) is 6.70. The van der Waals surface area contributed by atoms with Crippen LogP contribution in [0.5, 0.6) is 0 Å². The number of nitrogens with one attached hydrogen (secondary N) is 2. The van der Waals surface area contributed by atoms with E-state index >= 15 is 0 Å². The van der Waals surface area contributed by atoms with E-state index in [2.05, 4.69) is 20.6 Å². The normalized spacial score (nSPS) is 10.7. The van der Waals surface area contributed by atoms with Crippen LogP contribution in [0.3, 0.4) is 0 Å². The number of halogens is 1. The average molecular weight is 406 g/mol. The SMILES string of the molecule is Cc1ccc(-c2nc3ncccc3o2)cc1NC(=S)NC(=O)c1cccc(F)c1. The summed E-state index contributed by atoms with van der Waals surface area (Å²) in [7, 11) is 0. The number of hydrogen-bond acceptors (Lipinski definition) is 5. The minimum Gasteiger partial charge on any atom is -0.434 e. The summed E-state index contributed by atoms with van der Waals surface area (Å²) in [5, 5.41) is 5.63. The Morgan fingerprint density at radius 3 is 2.79 bits per heavy atom. The Bertz CT molecular complexity index is 1210. The minimum absolute atomic E-state index is 0.0961. The third-order valence-electron chi connectivity index (χ3n) is 4.21. The standard InChI is InChI=1S/C21H15FN4O2S/c1-12-7-8-14(20-25-18-17(28-20)6-3-9-23-18)11-16(12)24-21(29)26-19(27)13-4-2-5-15(22)10-13/h2-11H,1H3,(H2,24,26,27,29). The fraction of sp³-hybridized carbons (Fsp3) is 0.0476. The molecular weight excluding hydrogens is 391 g/mol. The van der Waals surface area contributed by atoms with Gasteiger partial charge in [0.1, 0.15) is 5.82 Å². The van der Waals surface area contributed by atoms with Gasteiger partial charge >= 0.3 is 0 Å². The van der Waals surface area contributed by atoms with Crippen molar-refractivity contribution in [2.45, 2.75) is 6.92 Å². The molecule has 2 heterocycles. The number of aromatic nitrogens is 2. The number of nitrogens with zero attached hydrogens (tertiary/aromatic N) is 2. The number of carbonyl (C=O) groups is 1. The van der Waals surface area contributed by atoms with Crippen molar-refractivity contribution in [2.75, 3.05) is 5.32 Å². The van der Waals surface area contributed by atoms with Gasteiger partial charge in [-0.2, -0.15) is 4.98 Å². The van der Waals surface area contributed by atoms with E-state index in [4.69, 9.17) is 16.6 Å². The zero-order valence-corrected chi connectivity index (χ0v) is 16.1. The van der Waals surface area contributed by atoms with Gasteiger partial charge in [-0.05, 0) is 67.2 Å². The van der Waals surface area contributed by atoms with Gasteiger partial charge in [0.2, 0.25) is 5.89 Å². The predicted octanol–water partition coefficient (Wildman–Crippen LogP) is 4.46. The molecule has 0 saturated heterocycles. The first kappa shape index (κ1) is 18.7. The molecule has 0 aliphatic carbocycles. The van der Waals surface area contributed by atoms with Crippen molar-refractivity contribution in [1.29, 1.82) is 0 Å². The maximum atomic E-state index is 13.3. The summed E-state index contributed by atoms with van der Waals surface area (Å²) in [5.74, 6) is -0.565. The number of amides is 1. The molecule has 6 nitrogen and oxygen atoms in total. The quantitative estimate of drug-likeness (QED) is 0.489. The number of pyridine rings is 1. The number of oxazole rings is 1. The molecule has 0 aliphatic rings. The van der Waals surface area contributed by atoms with Crippen LogP contribution >= 0.6 is 12.2 Å². The van der Waals surface area contributed by atoms with E-state index < -0.39 is 11.7 Å². The minimum atomic E-state index is -0.499.